The number of rotatable bonds is 3. The van der Waals surface area contributed by atoms with Gasteiger partial charge in [-0.1, -0.05) is 29.3 Å². The summed E-state index contributed by atoms with van der Waals surface area (Å²) in [5, 5.41) is 2.84. The lowest BCUT2D eigenvalue weighted by atomic mass is 10.0. The smallest absolute Gasteiger partial charge is 0.321 e. The first-order chi connectivity index (χ1) is 12.8. The van der Waals surface area contributed by atoms with E-state index in [-0.39, 0.29) is 27.0 Å². The largest absolute Gasteiger partial charge is 0.418 e. The Hall–Kier alpha value is -2.64. The predicted octanol–water partition coefficient (Wildman–Crippen LogP) is 5.72. The second-order valence-electron chi connectivity index (χ2n) is 5.42. The Balaban J connectivity index is 1.91. The molecule has 0 unspecified atom stereocenters. The third-order valence-electron chi connectivity index (χ3n) is 3.58. The maximum Gasteiger partial charge on any atom is 0.418 e. The van der Waals surface area contributed by atoms with Crippen LogP contribution in [0.4, 0.5) is 18.9 Å². The van der Waals surface area contributed by atoms with Crippen LogP contribution in [0.5, 0.6) is 0 Å². The summed E-state index contributed by atoms with van der Waals surface area (Å²) in [7, 11) is 0. The lowest BCUT2D eigenvalue weighted by molar-refractivity contribution is -0.137. The Kier molecular flexibility index (Phi) is 5.34. The van der Waals surface area contributed by atoms with E-state index in [0.29, 0.717) is 5.69 Å². The molecule has 0 spiro atoms. The second-order valence-corrected chi connectivity index (χ2v) is 6.21. The number of carbonyl (C=O) groups excluding carboxylic acids is 1. The number of carbonyl (C=O) groups is 1. The van der Waals surface area contributed by atoms with E-state index in [0.717, 1.165) is 6.07 Å². The zero-order valence-electron chi connectivity index (χ0n) is 13.4. The average Bonchev–Trinajstić information content (AvgIpc) is 2.63. The number of anilines is 1. The molecule has 0 aliphatic carbocycles. The van der Waals surface area contributed by atoms with Gasteiger partial charge in [0.2, 0.25) is 0 Å². The summed E-state index contributed by atoms with van der Waals surface area (Å²) < 4.78 is 39.5. The van der Waals surface area contributed by atoms with Crippen molar-refractivity contribution in [1.82, 2.24) is 9.97 Å². The average molecular weight is 412 g/mol. The monoisotopic (exact) mass is 411 g/mol. The van der Waals surface area contributed by atoms with Crippen molar-refractivity contribution in [1.29, 1.82) is 0 Å². The first-order valence-corrected chi connectivity index (χ1v) is 8.26. The molecule has 2 heterocycles. The highest BCUT2D eigenvalue weighted by Gasteiger charge is 2.34. The highest BCUT2D eigenvalue weighted by Crippen LogP contribution is 2.38. The first-order valence-electron chi connectivity index (χ1n) is 7.51. The van der Waals surface area contributed by atoms with Gasteiger partial charge < -0.3 is 5.32 Å². The molecule has 9 heteroatoms. The van der Waals surface area contributed by atoms with Crippen molar-refractivity contribution in [3.05, 3.63) is 76.2 Å². The van der Waals surface area contributed by atoms with Crippen LogP contribution in [0.1, 0.15) is 15.9 Å². The molecule has 4 nitrogen and oxygen atoms in total. The summed E-state index contributed by atoms with van der Waals surface area (Å²) in [6, 6.07) is 9.17. The van der Waals surface area contributed by atoms with Gasteiger partial charge in [0.05, 0.1) is 28.2 Å². The molecule has 27 heavy (non-hydrogen) atoms. The lowest BCUT2D eigenvalue weighted by Crippen LogP contribution is -2.12. The van der Waals surface area contributed by atoms with E-state index < -0.39 is 17.6 Å². The second kappa shape index (κ2) is 7.54. The summed E-state index contributed by atoms with van der Waals surface area (Å²) >= 11 is 11.8. The van der Waals surface area contributed by atoms with E-state index in [1.807, 2.05) is 0 Å². The molecule has 0 aliphatic heterocycles. The Morgan fingerprint density at radius 3 is 2.44 bits per heavy atom. The van der Waals surface area contributed by atoms with Crippen LogP contribution in [0.2, 0.25) is 10.2 Å². The van der Waals surface area contributed by atoms with Crippen LogP contribution < -0.4 is 5.32 Å². The van der Waals surface area contributed by atoms with Crippen LogP contribution in [0.25, 0.3) is 11.3 Å². The number of aromatic nitrogens is 2. The van der Waals surface area contributed by atoms with Gasteiger partial charge in [0.15, 0.2) is 0 Å². The Bertz CT molecular complexity index is 992. The minimum atomic E-state index is -4.58. The summed E-state index contributed by atoms with van der Waals surface area (Å²) in [6.07, 6.45) is -1.96. The van der Waals surface area contributed by atoms with Gasteiger partial charge >= 0.3 is 6.18 Å². The number of alkyl halides is 3. The fraction of sp³-hybridized carbons (Fsp3) is 0.0556. The maximum absolute atomic E-state index is 13.2. The molecule has 3 rings (SSSR count). The van der Waals surface area contributed by atoms with E-state index >= 15 is 0 Å². The van der Waals surface area contributed by atoms with Crippen molar-refractivity contribution in [3.63, 3.8) is 0 Å². The van der Waals surface area contributed by atoms with Crippen molar-refractivity contribution >= 4 is 34.8 Å². The van der Waals surface area contributed by atoms with Gasteiger partial charge in [0.1, 0.15) is 5.15 Å². The van der Waals surface area contributed by atoms with Gasteiger partial charge in [-0.05, 0) is 36.4 Å². The number of halogens is 5. The summed E-state index contributed by atoms with van der Waals surface area (Å²) in [5.74, 6) is -0.496. The Labute approximate surface area is 162 Å². The van der Waals surface area contributed by atoms with Gasteiger partial charge in [-0.2, -0.15) is 13.2 Å². The zero-order valence-corrected chi connectivity index (χ0v) is 14.9. The van der Waals surface area contributed by atoms with Crippen molar-refractivity contribution in [3.8, 4) is 11.3 Å². The molecule has 0 fully saturated rings. The molecular weight excluding hydrogens is 402 g/mol. The maximum atomic E-state index is 13.2. The minimum Gasteiger partial charge on any atom is -0.321 e. The van der Waals surface area contributed by atoms with Crippen molar-refractivity contribution in [2.45, 2.75) is 6.18 Å². The van der Waals surface area contributed by atoms with Gasteiger partial charge in [-0.15, -0.1) is 0 Å². The predicted molar refractivity (Wildman–Crippen MR) is 96.9 cm³/mol. The number of amides is 1. The first kappa shape index (κ1) is 19.1. The van der Waals surface area contributed by atoms with Crippen LogP contribution >= 0.6 is 23.2 Å². The van der Waals surface area contributed by atoms with E-state index in [2.05, 4.69) is 15.3 Å². The molecule has 0 aliphatic rings. The molecule has 0 saturated heterocycles. The fourth-order valence-electron chi connectivity index (χ4n) is 2.35. The van der Waals surface area contributed by atoms with E-state index in [9.17, 15) is 18.0 Å². The molecular formula is C18H10Cl2F3N3O. The Morgan fingerprint density at radius 2 is 1.81 bits per heavy atom. The van der Waals surface area contributed by atoms with Gasteiger partial charge in [0.25, 0.3) is 5.91 Å². The Morgan fingerprint density at radius 1 is 1.04 bits per heavy atom. The zero-order chi connectivity index (χ0) is 19.6. The molecule has 1 amide bonds. The highest BCUT2D eigenvalue weighted by atomic mass is 35.5. The number of nitrogens with one attached hydrogen (secondary N) is 1. The molecule has 1 N–H and O–H groups in total. The SMILES string of the molecule is O=C(Nc1ccc(Cl)nc1)c1ccc(-c2ncccc2C(F)(F)F)c(Cl)c1. The molecule has 0 radical (unpaired) electrons. The van der Waals surface area contributed by atoms with Crippen molar-refractivity contribution in [2.24, 2.45) is 0 Å². The number of hydrogen-bond donors (Lipinski definition) is 1. The normalized spacial score (nSPS) is 11.3. The molecule has 3 aromatic rings. The molecule has 0 atom stereocenters. The lowest BCUT2D eigenvalue weighted by Gasteiger charge is -2.13. The quantitative estimate of drug-likeness (QED) is 0.560. The fourth-order valence-corrected chi connectivity index (χ4v) is 2.73. The standard InChI is InChI=1S/C18H10Cl2F3N3O/c19-14-8-10(17(27)26-11-4-6-15(20)25-9-11)3-5-12(14)16-13(18(21,22)23)2-1-7-24-16/h1-9H,(H,26,27). The van der Waals surface area contributed by atoms with Gasteiger partial charge in [0, 0.05) is 17.3 Å². The van der Waals surface area contributed by atoms with Crippen molar-refractivity contribution in [2.75, 3.05) is 5.32 Å². The number of hydrogen-bond acceptors (Lipinski definition) is 3. The molecule has 0 saturated carbocycles. The summed E-state index contributed by atoms with van der Waals surface area (Å²) in [5.41, 5.74) is -0.550. The van der Waals surface area contributed by atoms with Crippen LogP contribution in [0, 0.1) is 0 Å². The van der Waals surface area contributed by atoms with Crippen molar-refractivity contribution < 1.29 is 18.0 Å². The highest BCUT2D eigenvalue weighted by molar-refractivity contribution is 6.33. The minimum absolute atomic E-state index is 0.0268. The third-order valence-corrected chi connectivity index (χ3v) is 4.12. The number of pyridine rings is 2. The van der Waals surface area contributed by atoms with Crippen LogP contribution in [-0.2, 0) is 6.18 Å². The number of benzene rings is 1. The molecule has 1 aromatic carbocycles. The van der Waals surface area contributed by atoms with Crippen LogP contribution in [-0.4, -0.2) is 15.9 Å². The molecule has 0 bridgehead atoms. The molecule has 138 valence electrons. The summed E-state index contributed by atoms with van der Waals surface area (Å²) in [6.45, 7) is 0. The topological polar surface area (TPSA) is 54.9 Å². The summed E-state index contributed by atoms with van der Waals surface area (Å²) in [4.78, 5) is 19.9. The molecule has 2 aromatic heterocycles. The number of nitrogens with zero attached hydrogens (tertiary/aromatic N) is 2. The van der Waals surface area contributed by atoms with Crippen LogP contribution in [0.15, 0.2) is 54.9 Å². The van der Waals surface area contributed by atoms with Gasteiger partial charge in [-0.3, -0.25) is 9.78 Å². The van der Waals surface area contributed by atoms with Gasteiger partial charge in [-0.25, -0.2) is 4.98 Å². The van der Waals surface area contributed by atoms with E-state index in [4.69, 9.17) is 23.2 Å². The van der Waals surface area contributed by atoms with E-state index in [1.54, 1.807) is 6.07 Å². The van der Waals surface area contributed by atoms with E-state index in [1.165, 1.54) is 42.7 Å². The van der Waals surface area contributed by atoms with Crippen LogP contribution in [0.3, 0.4) is 0 Å². The third kappa shape index (κ3) is 4.37.